The summed E-state index contributed by atoms with van der Waals surface area (Å²) in [5.74, 6) is 0.757. The lowest BCUT2D eigenvalue weighted by molar-refractivity contribution is 0.0139. The molecule has 1 amide bonds. The number of likely N-dealkylation sites (tertiary alicyclic amines) is 1. The van der Waals surface area contributed by atoms with Gasteiger partial charge in [-0.1, -0.05) is 26.7 Å². The maximum Gasteiger partial charge on any atom is 0.410 e. The highest BCUT2D eigenvalue weighted by Crippen LogP contribution is 2.45. The van der Waals surface area contributed by atoms with Crippen LogP contribution >= 0.6 is 0 Å². The highest BCUT2D eigenvalue weighted by molar-refractivity contribution is 5.68. The molecule has 0 bridgehead atoms. The van der Waals surface area contributed by atoms with Crippen molar-refractivity contribution in [1.29, 1.82) is 5.26 Å². The van der Waals surface area contributed by atoms with Gasteiger partial charge in [-0.3, -0.25) is 0 Å². The standard InChI is InChI=1S/C15H24N2O2.C2H6/c1-14(2,3)19-13(18)17-8-6-15(11-16,7-9-17)10-12-4-5-12;1-2/h12H,4-10H2,1-3H3;1-2H3. The van der Waals surface area contributed by atoms with Crippen molar-refractivity contribution in [2.75, 3.05) is 13.1 Å². The lowest BCUT2D eigenvalue weighted by atomic mass is 9.75. The number of nitriles is 1. The van der Waals surface area contributed by atoms with E-state index in [1.807, 2.05) is 34.6 Å². The van der Waals surface area contributed by atoms with Crippen LogP contribution in [0.3, 0.4) is 0 Å². The van der Waals surface area contributed by atoms with Gasteiger partial charge in [-0.25, -0.2) is 4.79 Å². The number of piperidine rings is 1. The quantitative estimate of drug-likeness (QED) is 0.760. The van der Waals surface area contributed by atoms with Crippen LogP contribution in [0.25, 0.3) is 0 Å². The molecule has 1 saturated carbocycles. The van der Waals surface area contributed by atoms with Crippen molar-refractivity contribution in [1.82, 2.24) is 4.90 Å². The van der Waals surface area contributed by atoms with E-state index in [2.05, 4.69) is 6.07 Å². The molecule has 1 saturated heterocycles. The minimum atomic E-state index is -0.450. The number of carbonyl (C=O) groups excluding carboxylic acids is 1. The van der Waals surface area contributed by atoms with Crippen molar-refractivity contribution in [3.8, 4) is 6.07 Å². The molecule has 4 nitrogen and oxygen atoms in total. The van der Waals surface area contributed by atoms with E-state index in [1.165, 1.54) is 12.8 Å². The van der Waals surface area contributed by atoms with Gasteiger partial charge in [0.15, 0.2) is 0 Å². The largest absolute Gasteiger partial charge is 0.444 e. The van der Waals surface area contributed by atoms with Gasteiger partial charge in [-0.05, 0) is 46.0 Å². The van der Waals surface area contributed by atoms with Gasteiger partial charge in [0.05, 0.1) is 11.5 Å². The molecular formula is C17H30N2O2. The fourth-order valence-corrected chi connectivity index (χ4v) is 2.68. The summed E-state index contributed by atoms with van der Waals surface area (Å²) in [6.07, 6.45) is 4.91. The van der Waals surface area contributed by atoms with Crippen LogP contribution in [0.15, 0.2) is 0 Å². The van der Waals surface area contributed by atoms with Crippen LogP contribution < -0.4 is 0 Å². The third kappa shape index (κ3) is 5.57. The number of hydrogen-bond acceptors (Lipinski definition) is 3. The van der Waals surface area contributed by atoms with Crippen molar-refractivity contribution in [2.24, 2.45) is 11.3 Å². The maximum absolute atomic E-state index is 12.0. The van der Waals surface area contributed by atoms with Gasteiger partial charge >= 0.3 is 6.09 Å². The summed E-state index contributed by atoms with van der Waals surface area (Å²) < 4.78 is 5.38. The van der Waals surface area contributed by atoms with Crippen molar-refractivity contribution in [3.05, 3.63) is 0 Å². The molecule has 0 atom stereocenters. The smallest absolute Gasteiger partial charge is 0.410 e. The topological polar surface area (TPSA) is 53.3 Å². The summed E-state index contributed by atoms with van der Waals surface area (Å²) in [7, 11) is 0. The Balaban J connectivity index is 0.00000106. The van der Waals surface area contributed by atoms with Gasteiger partial charge in [0.25, 0.3) is 0 Å². The summed E-state index contributed by atoms with van der Waals surface area (Å²) in [4.78, 5) is 13.7. The van der Waals surface area contributed by atoms with Crippen LogP contribution in [-0.2, 0) is 4.74 Å². The first-order valence-electron chi connectivity index (χ1n) is 8.23. The van der Waals surface area contributed by atoms with E-state index in [-0.39, 0.29) is 11.5 Å². The first kappa shape index (κ1) is 17.8. The van der Waals surface area contributed by atoms with Crippen molar-refractivity contribution in [3.63, 3.8) is 0 Å². The molecule has 0 radical (unpaired) electrons. The molecule has 1 heterocycles. The number of amides is 1. The molecule has 0 spiro atoms. The van der Waals surface area contributed by atoms with Crippen LogP contribution in [0.1, 0.15) is 66.7 Å². The molecular weight excluding hydrogens is 264 g/mol. The summed E-state index contributed by atoms with van der Waals surface area (Å²) in [6, 6.07) is 2.52. The van der Waals surface area contributed by atoms with Gasteiger partial charge in [-0.15, -0.1) is 0 Å². The zero-order valence-corrected chi connectivity index (χ0v) is 14.2. The molecule has 0 aromatic rings. The average molecular weight is 294 g/mol. The van der Waals surface area contributed by atoms with Gasteiger partial charge in [0.1, 0.15) is 5.60 Å². The number of ether oxygens (including phenoxy) is 1. The summed E-state index contributed by atoms with van der Waals surface area (Å²) in [5, 5.41) is 9.44. The molecule has 0 aromatic carbocycles. The molecule has 2 rings (SSSR count). The lowest BCUT2D eigenvalue weighted by Gasteiger charge is -2.38. The van der Waals surface area contributed by atoms with Crippen LogP contribution in [0, 0.1) is 22.7 Å². The highest BCUT2D eigenvalue weighted by atomic mass is 16.6. The predicted octanol–water partition coefficient (Wildman–Crippen LogP) is 4.35. The van der Waals surface area contributed by atoms with Gasteiger partial charge in [0, 0.05) is 13.1 Å². The first-order chi connectivity index (χ1) is 9.84. The molecule has 4 heteroatoms. The zero-order chi connectivity index (χ0) is 16.1. The lowest BCUT2D eigenvalue weighted by Crippen LogP contribution is -2.45. The number of nitrogens with zero attached hydrogens (tertiary/aromatic N) is 2. The number of carbonyl (C=O) groups is 1. The molecule has 1 aliphatic heterocycles. The molecule has 1 aliphatic carbocycles. The van der Waals surface area contributed by atoms with Crippen molar-refractivity contribution >= 4 is 6.09 Å². The fourth-order valence-electron chi connectivity index (χ4n) is 2.68. The van der Waals surface area contributed by atoms with Crippen molar-refractivity contribution < 1.29 is 9.53 Å². The normalized spacial score (nSPS) is 20.9. The molecule has 2 aliphatic rings. The summed E-state index contributed by atoms with van der Waals surface area (Å²) >= 11 is 0. The second kappa shape index (κ2) is 7.15. The minimum absolute atomic E-state index is 0.195. The average Bonchev–Trinajstić information content (AvgIpc) is 3.23. The van der Waals surface area contributed by atoms with Gasteiger partial charge < -0.3 is 9.64 Å². The Hall–Kier alpha value is -1.24. The predicted molar refractivity (Wildman–Crippen MR) is 83.8 cm³/mol. The van der Waals surface area contributed by atoms with E-state index >= 15 is 0 Å². The highest BCUT2D eigenvalue weighted by Gasteiger charge is 2.41. The first-order valence-corrected chi connectivity index (χ1v) is 8.23. The molecule has 21 heavy (non-hydrogen) atoms. The van der Waals surface area contributed by atoms with Crippen molar-refractivity contribution in [2.45, 2.75) is 72.3 Å². The third-order valence-electron chi connectivity index (χ3n) is 3.99. The second-order valence-electron chi connectivity index (χ2n) is 7.01. The van der Waals surface area contributed by atoms with E-state index < -0.39 is 5.60 Å². The monoisotopic (exact) mass is 294 g/mol. The van der Waals surface area contributed by atoms with E-state index in [0.29, 0.717) is 13.1 Å². The van der Waals surface area contributed by atoms with Crippen LogP contribution in [-0.4, -0.2) is 29.7 Å². The molecule has 0 aromatic heterocycles. The van der Waals surface area contributed by atoms with E-state index in [1.54, 1.807) is 4.90 Å². The van der Waals surface area contributed by atoms with E-state index in [0.717, 1.165) is 25.2 Å². The Kier molecular flexibility index (Phi) is 6.07. The molecule has 120 valence electrons. The van der Waals surface area contributed by atoms with Crippen LogP contribution in [0.2, 0.25) is 0 Å². The van der Waals surface area contributed by atoms with Gasteiger partial charge in [0.2, 0.25) is 0 Å². The molecule has 0 unspecified atom stereocenters. The number of hydrogen-bond donors (Lipinski definition) is 0. The van der Waals surface area contributed by atoms with E-state index in [4.69, 9.17) is 4.74 Å². The second-order valence-corrected chi connectivity index (χ2v) is 7.01. The Morgan fingerprint density at radius 2 is 1.81 bits per heavy atom. The number of rotatable bonds is 2. The molecule has 0 N–H and O–H groups in total. The Bertz CT molecular complexity index is 381. The summed E-state index contributed by atoms with van der Waals surface area (Å²) in [6.45, 7) is 10.9. The Morgan fingerprint density at radius 1 is 1.29 bits per heavy atom. The van der Waals surface area contributed by atoms with Crippen LogP contribution in [0.4, 0.5) is 4.79 Å². The fraction of sp³-hybridized carbons (Fsp3) is 0.882. The third-order valence-corrected chi connectivity index (χ3v) is 3.99. The summed E-state index contributed by atoms with van der Waals surface area (Å²) in [5.41, 5.74) is -0.644. The zero-order valence-electron chi connectivity index (χ0n) is 14.2. The minimum Gasteiger partial charge on any atom is -0.444 e. The SMILES string of the molecule is CC.CC(C)(C)OC(=O)N1CCC(C#N)(CC2CC2)CC1. The van der Waals surface area contributed by atoms with Gasteiger partial charge in [-0.2, -0.15) is 5.26 Å². The maximum atomic E-state index is 12.0. The van der Waals surface area contributed by atoms with E-state index in [9.17, 15) is 10.1 Å². The Morgan fingerprint density at radius 3 is 2.19 bits per heavy atom. The van der Waals surface area contributed by atoms with Crippen LogP contribution in [0.5, 0.6) is 0 Å². The Labute approximate surface area is 129 Å². The molecule has 2 fully saturated rings.